The highest BCUT2D eigenvalue weighted by molar-refractivity contribution is 5.95. The highest BCUT2D eigenvalue weighted by atomic mass is 16.5. The second kappa shape index (κ2) is 7.26. The number of carbonyl (C=O) groups excluding carboxylic acids is 1. The minimum atomic E-state index is -0.182. The maximum Gasteiger partial charge on any atom is 0.254 e. The Hall–Kier alpha value is -1.83. The van der Waals surface area contributed by atoms with E-state index in [4.69, 9.17) is 9.84 Å². The van der Waals surface area contributed by atoms with E-state index in [0.29, 0.717) is 25.3 Å². The van der Waals surface area contributed by atoms with Crippen molar-refractivity contribution >= 4 is 5.91 Å². The summed E-state index contributed by atoms with van der Waals surface area (Å²) in [6.07, 6.45) is 0.884. The highest BCUT2D eigenvalue weighted by Crippen LogP contribution is 2.17. The molecule has 0 spiro atoms. The lowest BCUT2D eigenvalue weighted by atomic mass is 10.0. The Bertz CT molecular complexity index is 571. The third kappa shape index (κ3) is 3.84. The molecule has 112 valence electrons. The van der Waals surface area contributed by atoms with Crippen LogP contribution >= 0.6 is 0 Å². The van der Waals surface area contributed by atoms with E-state index in [1.807, 2.05) is 24.0 Å². The van der Waals surface area contributed by atoms with Crippen molar-refractivity contribution in [3.63, 3.8) is 0 Å². The van der Waals surface area contributed by atoms with Gasteiger partial charge >= 0.3 is 0 Å². The number of aryl methyl sites for hydroxylation is 1. The van der Waals surface area contributed by atoms with Gasteiger partial charge in [0.2, 0.25) is 0 Å². The lowest BCUT2D eigenvalue weighted by molar-refractivity contribution is -0.00280. The first-order valence-electron chi connectivity index (χ1n) is 7.25. The van der Waals surface area contributed by atoms with E-state index in [1.54, 1.807) is 6.07 Å². The van der Waals surface area contributed by atoms with Gasteiger partial charge in [0.05, 0.1) is 19.3 Å². The van der Waals surface area contributed by atoms with E-state index in [1.165, 1.54) is 0 Å². The van der Waals surface area contributed by atoms with Gasteiger partial charge in [0, 0.05) is 17.7 Å². The molecule has 1 fully saturated rings. The molecule has 4 nitrogen and oxygen atoms in total. The zero-order chi connectivity index (χ0) is 15.2. The molecule has 2 rings (SSSR count). The second-order valence-electron chi connectivity index (χ2n) is 5.18. The Morgan fingerprint density at radius 1 is 1.48 bits per heavy atom. The predicted octanol–water partition coefficient (Wildman–Crippen LogP) is 1.59. The Labute approximate surface area is 125 Å². The molecule has 4 heteroatoms. The van der Waals surface area contributed by atoms with E-state index in [0.717, 1.165) is 17.5 Å². The van der Waals surface area contributed by atoms with Crippen LogP contribution in [0, 0.1) is 18.8 Å². The summed E-state index contributed by atoms with van der Waals surface area (Å²) in [5.74, 6) is 5.51. The van der Waals surface area contributed by atoms with Crippen LogP contribution in [0.4, 0.5) is 0 Å². The number of carbonyl (C=O) groups is 1. The number of aliphatic hydroxyl groups excluding tert-OH is 1. The van der Waals surface area contributed by atoms with Crippen molar-refractivity contribution in [3.8, 4) is 11.8 Å². The van der Waals surface area contributed by atoms with E-state index in [2.05, 4.69) is 18.8 Å². The molecule has 0 radical (unpaired) electrons. The van der Waals surface area contributed by atoms with Gasteiger partial charge in [0.15, 0.2) is 0 Å². The van der Waals surface area contributed by atoms with Crippen LogP contribution in [0.1, 0.15) is 34.8 Å². The quantitative estimate of drug-likeness (QED) is 0.840. The fourth-order valence-electron chi connectivity index (χ4n) is 2.55. The Morgan fingerprint density at radius 3 is 3.00 bits per heavy atom. The van der Waals surface area contributed by atoms with Crippen LogP contribution in [0.25, 0.3) is 0 Å². The van der Waals surface area contributed by atoms with Crippen molar-refractivity contribution in [3.05, 3.63) is 34.9 Å². The van der Waals surface area contributed by atoms with Crippen molar-refractivity contribution < 1.29 is 14.6 Å². The zero-order valence-electron chi connectivity index (χ0n) is 12.6. The molecule has 0 bridgehead atoms. The van der Waals surface area contributed by atoms with E-state index < -0.39 is 0 Å². The summed E-state index contributed by atoms with van der Waals surface area (Å²) < 4.78 is 5.45. The van der Waals surface area contributed by atoms with Crippen molar-refractivity contribution in [2.24, 2.45) is 0 Å². The Balaban J connectivity index is 2.27. The number of rotatable bonds is 2. The number of aliphatic hydroxyl groups is 1. The average Bonchev–Trinajstić information content (AvgIpc) is 2.51. The molecule has 0 aliphatic carbocycles. The molecular weight excluding hydrogens is 266 g/mol. The monoisotopic (exact) mass is 287 g/mol. The molecule has 1 saturated heterocycles. The number of hydrogen-bond acceptors (Lipinski definition) is 3. The lowest BCUT2D eigenvalue weighted by Gasteiger charge is -2.35. The zero-order valence-corrected chi connectivity index (χ0v) is 12.6. The van der Waals surface area contributed by atoms with Gasteiger partial charge in [-0.25, -0.2) is 0 Å². The summed E-state index contributed by atoms with van der Waals surface area (Å²) in [7, 11) is 0. The van der Waals surface area contributed by atoms with Gasteiger partial charge in [0.1, 0.15) is 6.61 Å². The molecule has 1 aromatic carbocycles. The van der Waals surface area contributed by atoms with E-state index >= 15 is 0 Å². The number of morpholine rings is 1. The van der Waals surface area contributed by atoms with Gasteiger partial charge in [-0.2, -0.15) is 0 Å². The molecule has 1 N–H and O–H groups in total. The highest BCUT2D eigenvalue weighted by Gasteiger charge is 2.26. The smallest absolute Gasteiger partial charge is 0.254 e. The van der Waals surface area contributed by atoms with Gasteiger partial charge in [-0.05, 0) is 37.1 Å². The van der Waals surface area contributed by atoms with Crippen LogP contribution in [-0.4, -0.2) is 48.3 Å². The molecule has 1 aliphatic heterocycles. The van der Waals surface area contributed by atoms with Crippen LogP contribution in [0.3, 0.4) is 0 Å². The first-order chi connectivity index (χ1) is 10.2. The average molecular weight is 287 g/mol. The van der Waals surface area contributed by atoms with Gasteiger partial charge in [-0.3, -0.25) is 4.79 Å². The van der Waals surface area contributed by atoms with Gasteiger partial charge in [0.25, 0.3) is 5.91 Å². The van der Waals surface area contributed by atoms with Gasteiger partial charge < -0.3 is 14.7 Å². The van der Waals surface area contributed by atoms with Gasteiger partial charge in [-0.1, -0.05) is 18.8 Å². The summed E-state index contributed by atoms with van der Waals surface area (Å²) >= 11 is 0. The van der Waals surface area contributed by atoms with E-state index in [9.17, 15) is 4.79 Å². The number of ether oxygens (including phenoxy) is 1. The molecular formula is C17H21NO3. The van der Waals surface area contributed by atoms with Crippen LogP contribution in [-0.2, 0) is 4.74 Å². The fourth-order valence-corrected chi connectivity index (χ4v) is 2.55. The SMILES string of the molecule is CCC1COCCN1C(=O)c1cc(C)cc(C#CCO)c1. The van der Waals surface area contributed by atoms with E-state index in [-0.39, 0.29) is 18.6 Å². The molecule has 0 saturated carbocycles. The van der Waals surface area contributed by atoms with Crippen LogP contribution in [0.2, 0.25) is 0 Å². The van der Waals surface area contributed by atoms with Crippen molar-refractivity contribution in [1.29, 1.82) is 0 Å². The molecule has 0 aromatic heterocycles. The minimum Gasteiger partial charge on any atom is -0.384 e. The molecule has 1 unspecified atom stereocenters. The summed E-state index contributed by atoms with van der Waals surface area (Å²) in [5, 5.41) is 8.78. The van der Waals surface area contributed by atoms with Crippen LogP contribution < -0.4 is 0 Å². The summed E-state index contributed by atoms with van der Waals surface area (Å²) in [6.45, 7) is 5.64. The number of benzene rings is 1. The first-order valence-corrected chi connectivity index (χ1v) is 7.25. The largest absolute Gasteiger partial charge is 0.384 e. The molecule has 1 aliphatic rings. The summed E-state index contributed by atoms with van der Waals surface area (Å²) in [5.41, 5.74) is 2.40. The lowest BCUT2D eigenvalue weighted by Crippen LogP contribution is -2.48. The first kappa shape index (κ1) is 15.6. The normalized spacial score (nSPS) is 18.0. The maximum atomic E-state index is 12.7. The fraction of sp³-hybridized carbons (Fsp3) is 0.471. The molecule has 1 aromatic rings. The van der Waals surface area contributed by atoms with Crippen molar-refractivity contribution in [2.45, 2.75) is 26.3 Å². The second-order valence-corrected chi connectivity index (χ2v) is 5.18. The Morgan fingerprint density at radius 2 is 2.29 bits per heavy atom. The molecule has 21 heavy (non-hydrogen) atoms. The predicted molar refractivity (Wildman–Crippen MR) is 81.1 cm³/mol. The van der Waals surface area contributed by atoms with Gasteiger partial charge in [-0.15, -0.1) is 0 Å². The number of amides is 1. The number of nitrogens with zero attached hydrogens (tertiary/aromatic N) is 1. The Kier molecular flexibility index (Phi) is 5.38. The topological polar surface area (TPSA) is 49.8 Å². The van der Waals surface area contributed by atoms with Crippen molar-refractivity contribution in [1.82, 2.24) is 4.90 Å². The van der Waals surface area contributed by atoms with Crippen LogP contribution in [0.5, 0.6) is 0 Å². The molecule has 1 heterocycles. The standard InChI is InChI=1S/C17H21NO3/c1-3-16-12-21-8-6-18(16)17(20)15-10-13(2)9-14(11-15)5-4-7-19/h9-11,16,19H,3,6-8,12H2,1-2H3. The summed E-state index contributed by atoms with van der Waals surface area (Å²) in [4.78, 5) is 14.6. The maximum absolute atomic E-state index is 12.7. The minimum absolute atomic E-state index is 0.0286. The summed E-state index contributed by atoms with van der Waals surface area (Å²) in [6, 6.07) is 5.73. The number of hydrogen-bond donors (Lipinski definition) is 1. The van der Waals surface area contributed by atoms with Crippen LogP contribution in [0.15, 0.2) is 18.2 Å². The molecule has 1 atom stereocenters. The third-order valence-electron chi connectivity index (χ3n) is 3.60. The van der Waals surface area contributed by atoms with Crippen molar-refractivity contribution in [2.75, 3.05) is 26.4 Å². The third-order valence-corrected chi connectivity index (χ3v) is 3.60. The molecule has 1 amide bonds.